The molecule has 0 aliphatic carbocycles. The summed E-state index contributed by atoms with van der Waals surface area (Å²) in [6.45, 7) is 1.69. The second-order valence-electron chi connectivity index (χ2n) is 4.87. The summed E-state index contributed by atoms with van der Waals surface area (Å²) >= 11 is 9.39. The van der Waals surface area contributed by atoms with Gasteiger partial charge in [-0.3, -0.25) is 10.1 Å². The number of nitrogens with zero attached hydrogens (tertiary/aromatic N) is 4. The van der Waals surface area contributed by atoms with Gasteiger partial charge in [0.25, 0.3) is 5.69 Å². The summed E-state index contributed by atoms with van der Waals surface area (Å²) in [7, 11) is 0. The molecule has 0 aliphatic rings. The van der Waals surface area contributed by atoms with Gasteiger partial charge in [-0.05, 0) is 19.1 Å². The van der Waals surface area contributed by atoms with Crippen LogP contribution in [0.15, 0.2) is 32.8 Å². The molecule has 0 N–H and O–H groups in total. The van der Waals surface area contributed by atoms with Crippen molar-refractivity contribution in [3.05, 3.63) is 55.0 Å². The number of carbonyl (C=O) groups excluding carboxylic acids is 1. The van der Waals surface area contributed by atoms with Crippen molar-refractivity contribution in [1.29, 1.82) is 0 Å². The molecule has 0 amide bonds. The average Bonchev–Trinajstić information content (AvgIpc) is 3.21. The minimum absolute atomic E-state index is 0.0654. The fourth-order valence-electron chi connectivity index (χ4n) is 1.85. The lowest BCUT2D eigenvalue weighted by atomic mass is 10.2. The van der Waals surface area contributed by atoms with E-state index in [1.54, 1.807) is 0 Å². The van der Waals surface area contributed by atoms with Gasteiger partial charge in [-0.25, -0.2) is 9.78 Å². The van der Waals surface area contributed by atoms with Crippen LogP contribution in [0, 0.1) is 17.0 Å². The second kappa shape index (κ2) is 8.08. The Kier molecular flexibility index (Phi) is 5.81. The molecule has 2 heterocycles. The molecule has 1 aromatic carbocycles. The molecule has 0 fully saturated rings. The number of hydrogen-bond acceptors (Lipinski definition) is 10. The summed E-state index contributed by atoms with van der Waals surface area (Å²) in [6, 6.07) is 4.17. The highest BCUT2D eigenvalue weighted by Crippen LogP contribution is 2.37. The van der Waals surface area contributed by atoms with Crippen LogP contribution in [0.25, 0.3) is 0 Å². The predicted molar refractivity (Wildman–Crippen MR) is 98.1 cm³/mol. The van der Waals surface area contributed by atoms with Gasteiger partial charge in [0.1, 0.15) is 16.6 Å². The van der Waals surface area contributed by atoms with E-state index in [9.17, 15) is 14.9 Å². The number of esters is 1. The van der Waals surface area contributed by atoms with Crippen molar-refractivity contribution in [3.63, 3.8) is 0 Å². The lowest BCUT2D eigenvalue weighted by molar-refractivity contribution is -0.387. The molecule has 12 heteroatoms. The number of ether oxygens (including phenoxy) is 1. The lowest BCUT2D eigenvalue weighted by Crippen LogP contribution is -2.06. The third-order valence-electron chi connectivity index (χ3n) is 3.04. The number of aromatic nitrogens is 3. The van der Waals surface area contributed by atoms with Crippen LogP contribution in [0.1, 0.15) is 21.7 Å². The van der Waals surface area contributed by atoms with Gasteiger partial charge in [-0.15, -0.1) is 16.4 Å². The quantitative estimate of drug-likeness (QED) is 0.323. The highest BCUT2D eigenvalue weighted by atomic mass is 35.5. The summed E-state index contributed by atoms with van der Waals surface area (Å²) in [5, 5.41) is 17.0. The first-order valence-electron chi connectivity index (χ1n) is 6.96. The van der Waals surface area contributed by atoms with Gasteiger partial charge in [0.15, 0.2) is 4.34 Å². The Morgan fingerprint density at radius 1 is 1.46 bits per heavy atom. The molecule has 0 spiro atoms. The Morgan fingerprint density at radius 2 is 2.27 bits per heavy atom. The van der Waals surface area contributed by atoms with Gasteiger partial charge < -0.3 is 4.74 Å². The maximum atomic E-state index is 12.1. The zero-order chi connectivity index (χ0) is 18.7. The molecule has 0 radical (unpaired) electrons. The van der Waals surface area contributed by atoms with Crippen molar-refractivity contribution in [2.75, 3.05) is 0 Å². The van der Waals surface area contributed by atoms with Crippen molar-refractivity contribution in [3.8, 4) is 0 Å². The average molecular weight is 429 g/mol. The number of halogens is 1. The van der Waals surface area contributed by atoms with Crippen LogP contribution >= 0.6 is 46.2 Å². The van der Waals surface area contributed by atoms with E-state index in [2.05, 4.69) is 14.6 Å². The molecular formula is C14H9ClN4O4S3. The van der Waals surface area contributed by atoms with E-state index in [0.29, 0.717) is 19.3 Å². The van der Waals surface area contributed by atoms with Crippen LogP contribution in [0.5, 0.6) is 0 Å². The van der Waals surface area contributed by atoms with Crippen LogP contribution in [0.4, 0.5) is 5.69 Å². The van der Waals surface area contributed by atoms with Crippen LogP contribution in [0.2, 0.25) is 4.34 Å². The molecule has 134 valence electrons. The predicted octanol–water partition coefficient (Wildman–Crippen LogP) is 4.37. The Labute approximate surface area is 164 Å². The molecule has 0 bridgehead atoms. The molecule has 0 unspecified atom stereocenters. The Hall–Kier alpha value is -2.08. The number of nitro groups is 1. The largest absolute Gasteiger partial charge is 0.455 e. The first kappa shape index (κ1) is 18.7. The van der Waals surface area contributed by atoms with E-state index in [-0.39, 0.29) is 17.9 Å². The summed E-state index contributed by atoms with van der Waals surface area (Å²) in [5.41, 5.74) is 1.06. The number of rotatable bonds is 6. The minimum Gasteiger partial charge on any atom is -0.455 e. The van der Waals surface area contributed by atoms with Crippen molar-refractivity contribution < 1.29 is 14.5 Å². The van der Waals surface area contributed by atoms with Gasteiger partial charge in [0.2, 0.25) is 0 Å². The smallest absolute Gasteiger partial charge is 0.338 e. The van der Waals surface area contributed by atoms with Gasteiger partial charge in [0, 0.05) is 28.7 Å². The normalized spacial score (nSPS) is 10.7. The number of thiazole rings is 1. The van der Waals surface area contributed by atoms with Gasteiger partial charge in [-0.2, -0.15) is 0 Å². The zero-order valence-electron chi connectivity index (χ0n) is 13.0. The van der Waals surface area contributed by atoms with E-state index in [1.807, 2.05) is 12.3 Å². The van der Waals surface area contributed by atoms with Crippen LogP contribution in [-0.4, -0.2) is 25.5 Å². The van der Waals surface area contributed by atoms with E-state index < -0.39 is 10.9 Å². The maximum Gasteiger partial charge on any atom is 0.338 e. The third-order valence-corrected chi connectivity index (χ3v) is 6.14. The highest BCUT2D eigenvalue weighted by molar-refractivity contribution is 8.01. The lowest BCUT2D eigenvalue weighted by Gasteiger charge is -2.05. The van der Waals surface area contributed by atoms with E-state index in [0.717, 1.165) is 17.2 Å². The van der Waals surface area contributed by atoms with Crippen LogP contribution in [-0.2, 0) is 11.3 Å². The maximum absolute atomic E-state index is 12.1. The molecule has 3 aromatic rings. The molecule has 3 rings (SSSR count). The van der Waals surface area contributed by atoms with Gasteiger partial charge in [-0.1, -0.05) is 27.9 Å². The first-order valence-corrected chi connectivity index (χ1v) is 9.81. The van der Waals surface area contributed by atoms with Crippen molar-refractivity contribution in [1.82, 2.24) is 14.6 Å². The first-order chi connectivity index (χ1) is 12.4. The van der Waals surface area contributed by atoms with Crippen LogP contribution < -0.4 is 0 Å². The Balaban J connectivity index is 1.78. The molecule has 0 saturated carbocycles. The Bertz CT molecular complexity index is 975. The monoisotopic (exact) mass is 428 g/mol. The van der Waals surface area contributed by atoms with Crippen molar-refractivity contribution in [2.45, 2.75) is 22.8 Å². The standard InChI is InChI=1S/C14H9ClN4O4S3/c1-7-6-24-14(16-7)25-11-3-2-8(4-10(11)19(21)22)13(20)23-5-9-12(15)26-18-17-9/h2-4,6H,5H2,1H3. The molecule has 0 aliphatic heterocycles. The molecule has 8 nitrogen and oxygen atoms in total. The van der Waals surface area contributed by atoms with E-state index in [4.69, 9.17) is 16.3 Å². The summed E-state index contributed by atoms with van der Waals surface area (Å²) in [5.74, 6) is -0.709. The number of aryl methyl sites for hydroxylation is 1. The third kappa shape index (κ3) is 4.36. The highest BCUT2D eigenvalue weighted by Gasteiger charge is 2.20. The fourth-order valence-corrected chi connectivity index (χ4v) is 4.33. The fraction of sp³-hybridized carbons (Fsp3) is 0.143. The van der Waals surface area contributed by atoms with E-state index in [1.165, 1.54) is 41.3 Å². The zero-order valence-corrected chi connectivity index (χ0v) is 16.2. The van der Waals surface area contributed by atoms with Gasteiger partial charge >= 0.3 is 5.97 Å². The van der Waals surface area contributed by atoms with Crippen molar-refractivity contribution >= 4 is 57.9 Å². The Morgan fingerprint density at radius 3 is 2.88 bits per heavy atom. The van der Waals surface area contributed by atoms with E-state index >= 15 is 0 Å². The molecule has 26 heavy (non-hydrogen) atoms. The van der Waals surface area contributed by atoms with Gasteiger partial charge in [0.05, 0.1) is 15.4 Å². The molecule has 2 aromatic heterocycles. The summed E-state index contributed by atoms with van der Waals surface area (Å²) in [4.78, 5) is 27.6. The summed E-state index contributed by atoms with van der Waals surface area (Å²) < 4.78 is 9.74. The van der Waals surface area contributed by atoms with Crippen molar-refractivity contribution in [2.24, 2.45) is 0 Å². The second-order valence-corrected chi connectivity index (χ2v) is 8.37. The number of hydrogen-bond donors (Lipinski definition) is 0. The molecule has 0 atom stereocenters. The molecule has 0 saturated heterocycles. The summed E-state index contributed by atoms with van der Waals surface area (Å²) in [6.07, 6.45) is 0. The minimum atomic E-state index is -0.709. The number of carbonyl (C=O) groups is 1. The van der Waals surface area contributed by atoms with Crippen LogP contribution in [0.3, 0.4) is 0 Å². The molecular weight excluding hydrogens is 420 g/mol. The topological polar surface area (TPSA) is 108 Å². The number of benzene rings is 1. The SMILES string of the molecule is Cc1csc(Sc2ccc(C(=O)OCc3nnsc3Cl)cc2[N+](=O)[O-])n1. The number of nitro benzene ring substituents is 1.